The minimum atomic E-state index is -0.203. The normalized spacial score (nSPS) is 10.5. The van der Waals surface area contributed by atoms with Crippen molar-refractivity contribution in [3.63, 3.8) is 0 Å². The molecule has 0 radical (unpaired) electrons. The molecule has 2 aromatic rings. The number of halogens is 1. The summed E-state index contributed by atoms with van der Waals surface area (Å²) in [5.74, 6) is 6.77. The Bertz CT molecular complexity index is 704. The Kier molecular flexibility index (Phi) is 5.15. The number of nitrogen functional groups attached to an aromatic ring is 1. The van der Waals surface area contributed by atoms with Crippen LogP contribution in [0.2, 0.25) is 5.02 Å². The molecule has 1 aromatic heterocycles. The number of rotatable bonds is 5. The number of carbonyl (C=O) groups is 1. The molecule has 1 heterocycles. The first-order valence-electron chi connectivity index (χ1n) is 6.36. The van der Waals surface area contributed by atoms with Crippen LogP contribution in [-0.2, 0) is 4.79 Å². The number of hydrogen-bond donors (Lipinski definition) is 2. The smallest absolute Gasteiger partial charge is 0.234 e. The number of nitrogens with two attached hydrogens (primary N) is 1. The molecule has 0 aliphatic heterocycles. The van der Waals surface area contributed by atoms with Crippen LogP contribution in [0.1, 0.15) is 11.4 Å². The number of hydrogen-bond acceptors (Lipinski definition) is 6. The Morgan fingerprint density at radius 1 is 1.45 bits per heavy atom. The molecule has 22 heavy (non-hydrogen) atoms. The fraction of sp³-hybridized carbons (Fsp3) is 0.308. The van der Waals surface area contributed by atoms with Crippen LogP contribution in [-0.4, -0.2) is 33.6 Å². The van der Waals surface area contributed by atoms with Crippen LogP contribution in [0.4, 0.5) is 5.69 Å². The summed E-state index contributed by atoms with van der Waals surface area (Å²) in [5, 5.41) is 11.6. The van der Waals surface area contributed by atoms with Crippen molar-refractivity contribution >= 4 is 35.0 Å². The van der Waals surface area contributed by atoms with Crippen molar-refractivity contribution in [3.05, 3.63) is 28.5 Å². The van der Waals surface area contributed by atoms with E-state index in [-0.39, 0.29) is 11.7 Å². The van der Waals surface area contributed by atoms with Gasteiger partial charge in [-0.3, -0.25) is 4.79 Å². The van der Waals surface area contributed by atoms with Gasteiger partial charge in [0, 0.05) is 11.1 Å². The van der Waals surface area contributed by atoms with Gasteiger partial charge in [-0.2, -0.15) is 0 Å². The van der Waals surface area contributed by atoms with Gasteiger partial charge in [-0.15, -0.1) is 10.2 Å². The Balaban J connectivity index is 2.03. The Morgan fingerprint density at radius 3 is 2.77 bits per heavy atom. The fourth-order valence-corrected chi connectivity index (χ4v) is 2.55. The van der Waals surface area contributed by atoms with Gasteiger partial charge >= 0.3 is 0 Å². The van der Waals surface area contributed by atoms with Gasteiger partial charge in [0.1, 0.15) is 11.6 Å². The molecule has 3 N–H and O–H groups in total. The highest BCUT2D eigenvalue weighted by Crippen LogP contribution is 2.31. The number of carbonyl (C=O) groups excluding carboxylic acids is 1. The van der Waals surface area contributed by atoms with Crippen LogP contribution in [0.15, 0.2) is 17.3 Å². The van der Waals surface area contributed by atoms with Gasteiger partial charge in [-0.25, -0.2) is 4.68 Å². The van der Waals surface area contributed by atoms with Crippen LogP contribution >= 0.6 is 23.4 Å². The fourth-order valence-electron chi connectivity index (χ4n) is 1.69. The summed E-state index contributed by atoms with van der Waals surface area (Å²) in [6.07, 6.45) is 0. The van der Waals surface area contributed by atoms with E-state index in [4.69, 9.17) is 22.2 Å². The molecule has 1 amide bonds. The topological polar surface area (TPSA) is 95.1 Å². The molecule has 7 nitrogen and oxygen atoms in total. The molecule has 9 heteroatoms. The zero-order chi connectivity index (χ0) is 16.3. The largest absolute Gasteiger partial charge is 0.495 e. The maximum absolute atomic E-state index is 12.0. The zero-order valence-corrected chi connectivity index (χ0v) is 14.0. The van der Waals surface area contributed by atoms with Crippen molar-refractivity contribution in [3.8, 4) is 5.75 Å². The van der Waals surface area contributed by atoms with E-state index < -0.39 is 0 Å². The second-order valence-electron chi connectivity index (χ2n) is 4.54. The summed E-state index contributed by atoms with van der Waals surface area (Å²) in [7, 11) is 1.52. The number of amides is 1. The number of nitrogens with one attached hydrogen (secondary N) is 1. The van der Waals surface area contributed by atoms with E-state index in [9.17, 15) is 4.79 Å². The van der Waals surface area contributed by atoms with Gasteiger partial charge in [0.05, 0.1) is 18.6 Å². The van der Waals surface area contributed by atoms with E-state index in [1.807, 2.05) is 6.92 Å². The maximum Gasteiger partial charge on any atom is 0.234 e. The van der Waals surface area contributed by atoms with Crippen molar-refractivity contribution < 1.29 is 9.53 Å². The maximum atomic E-state index is 12.0. The first kappa shape index (κ1) is 16.4. The Hall–Kier alpha value is -1.93. The lowest BCUT2D eigenvalue weighted by Crippen LogP contribution is -2.17. The molecule has 0 fully saturated rings. The number of thioether (sulfide) groups is 1. The number of nitrogens with zero attached hydrogens (tertiary/aromatic N) is 3. The van der Waals surface area contributed by atoms with Crippen molar-refractivity contribution in [1.29, 1.82) is 0 Å². The average Bonchev–Trinajstić information content (AvgIpc) is 2.80. The number of benzene rings is 1. The van der Waals surface area contributed by atoms with Crippen LogP contribution in [0.5, 0.6) is 5.75 Å². The average molecular weight is 342 g/mol. The summed E-state index contributed by atoms with van der Waals surface area (Å²) in [6, 6.07) is 3.43. The van der Waals surface area contributed by atoms with Gasteiger partial charge in [0.2, 0.25) is 11.1 Å². The SMILES string of the molecule is COc1cc(Cl)c(C)cc1NC(=O)CSc1nnc(C)n1N. The summed E-state index contributed by atoms with van der Waals surface area (Å²) < 4.78 is 6.55. The molecule has 2 rings (SSSR count). The molecular weight excluding hydrogens is 326 g/mol. The summed E-state index contributed by atoms with van der Waals surface area (Å²) in [4.78, 5) is 12.0. The molecule has 1 aromatic carbocycles. The molecule has 118 valence electrons. The van der Waals surface area contributed by atoms with Crippen LogP contribution < -0.4 is 15.9 Å². The molecule has 0 aliphatic rings. The Morgan fingerprint density at radius 2 is 2.18 bits per heavy atom. The number of aromatic nitrogens is 3. The first-order valence-corrected chi connectivity index (χ1v) is 7.72. The lowest BCUT2D eigenvalue weighted by molar-refractivity contribution is -0.113. The lowest BCUT2D eigenvalue weighted by atomic mass is 10.2. The zero-order valence-electron chi connectivity index (χ0n) is 12.4. The predicted molar refractivity (Wildman–Crippen MR) is 87.0 cm³/mol. The van der Waals surface area contributed by atoms with Crippen molar-refractivity contribution in [2.45, 2.75) is 19.0 Å². The summed E-state index contributed by atoms with van der Waals surface area (Å²) in [6.45, 7) is 3.59. The van der Waals surface area contributed by atoms with E-state index >= 15 is 0 Å². The standard InChI is InChI=1S/C13H16ClN5O2S/c1-7-4-10(11(21-3)5-9(7)14)16-12(20)6-22-13-18-17-8(2)19(13)15/h4-5H,6,15H2,1-3H3,(H,16,20). The van der Waals surface area contributed by atoms with E-state index in [1.165, 1.54) is 23.5 Å². The number of anilines is 1. The van der Waals surface area contributed by atoms with Gasteiger partial charge < -0.3 is 15.9 Å². The molecule has 0 saturated heterocycles. The van der Waals surface area contributed by atoms with E-state index in [0.717, 1.165) is 5.56 Å². The minimum absolute atomic E-state index is 0.153. The molecule has 0 spiro atoms. The molecular formula is C13H16ClN5O2S. The molecule has 0 atom stereocenters. The third-order valence-corrected chi connectivity index (χ3v) is 4.27. The number of aryl methyl sites for hydroxylation is 2. The van der Waals surface area contributed by atoms with Gasteiger partial charge in [0.25, 0.3) is 0 Å². The molecule has 0 saturated carbocycles. The lowest BCUT2D eigenvalue weighted by Gasteiger charge is -2.12. The third kappa shape index (κ3) is 3.63. The monoisotopic (exact) mass is 341 g/mol. The van der Waals surface area contributed by atoms with Gasteiger partial charge in [-0.1, -0.05) is 23.4 Å². The van der Waals surface area contributed by atoms with Crippen molar-refractivity contribution in [2.75, 3.05) is 24.0 Å². The first-order chi connectivity index (χ1) is 10.4. The van der Waals surface area contributed by atoms with E-state index in [0.29, 0.717) is 27.4 Å². The van der Waals surface area contributed by atoms with Crippen molar-refractivity contribution in [1.82, 2.24) is 14.9 Å². The molecule has 0 unspecified atom stereocenters. The van der Waals surface area contributed by atoms with E-state index in [1.54, 1.807) is 19.1 Å². The quantitative estimate of drug-likeness (QED) is 0.638. The van der Waals surface area contributed by atoms with Gasteiger partial charge in [-0.05, 0) is 25.5 Å². The highest BCUT2D eigenvalue weighted by molar-refractivity contribution is 7.99. The summed E-state index contributed by atoms with van der Waals surface area (Å²) in [5.41, 5.74) is 1.42. The second-order valence-corrected chi connectivity index (χ2v) is 5.89. The highest BCUT2D eigenvalue weighted by atomic mass is 35.5. The Labute approximate surface area is 137 Å². The highest BCUT2D eigenvalue weighted by Gasteiger charge is 2.13. The minimum Gasteiger partial charge on any atom is -0.495 e. The van der Waals surface area contributed by atoms with E-state index in [2.05, 4.69) is 15.5 Å². The third-order valence-electron chi connectivity index (χ3n) is 2.92. The number of methoxy groups -OCH3 is 1. The summed E-state index contributed by atoms with van der Waals surface area (Å²) >= 11 is 7.23. The van der Waals surface area contributed by atoms with Gasteiger partial charge in [0.15, 0.2) is 0 Å². The second kappa shape index (κ2) is 6.89. The van der Waals surface area contributed by atoms with Crippen LogP contribution in [0, 0.1) is 13.8 Å². The van der Waals surface area contributed by atoms with Crippen molar-refractivity contribution in [2.24, 2.45) is 0 Å². The number of ether oxygens (including phenoxy) is 1. The predicted octanol–water partition coefficient (Wildman–Crippen LogP) is 2.00. The van der Waals surface area contributed by atoms with Crippen LogP contribution in [0.25, 0.3) is 0 Å². The molecule has 0 aliphatic carbocycles. The molecule has 0 bridgehead atoms. The van der Waals surface area contributed by atoms with Crippen LogP contribution in [0.3, 0.4) is 0 Å².